The van der Waals surface area contributed by atoms with Crippen molar-refractivity contribution in [1.29, 1.82) is 0 Å². The molecule has 0 atom stereocenters. The smallest absolute Gasteiger partial charge is 0.164 e. The summed E-state index contributed by atoms with van der Waals surface area (Å²) in [5.74, 6) is 2.84. The maximum absolute atomic E-state index is 5.70. The molecule has 0 bridgehead atoms. The maximum Gasteiger partial charge on any atom is 0.164 e. The summed E-state index contributed by atoms with van der Waals surface area (Å²) in [6, 6.07) is 24.4. The van der Waals surface area contributed by atoms with Crippen molar-refractivity contribution in [2.24, 2.45) is 0 Å². The monoisotopic (exact) mass is 395 g/mol. The molecule has 1 heterocycles. The Balaban J connectivity index is 1.78. The van der Waals surface area contributed by atoms with Gasteiger partial charge in [-0.1, -0.05) is 66.6 Å². The minimum absolute atomic E-state index is 0.651. The number of nitrogens with zero attached hydrogens (tertiary/aromatic N) is 3. The second kappa shape index (κ2) is 8.87. The topological polar surface area (TPSA) is 47.9 Å². The lowest BCUT2D eigenvalue weighted by atomic mass is 10.1. The highest BCUT2D eigenvalue weighted by Crippen LogP contribution is 2.26. The van der Waals surface area contributed by atoms with Crippen LogP contribution in [0.25, 0.3) is 34.2 Å². The fourth-order valence-electron chi connectivity index (χ4n) is 3.09. The van der Waals surface area contributed by atoms with Gasteiger partial charge in [0.25, 0.3) is 0 Å². The SMILES string of the molecule is CCCOc1ccc(-c2nc(-c3ccc(C)cc3)nc(-c3ccc(C)cc3)n2)cc1. The van der Waals surface area contributed by atoms with Crippen molar-refractivity contribution in [2.75, 3.05) is 6.61 Å². The van der Waals surface area contributed by atoms with Crippen LogP contribution in [0.1, 0.15) is 24.5 Å². The standard InChI is InChI=1S/C26H25N3O/c1-4-17-30-23-15-13-22(14-16-23)26-28-24(20-9-5-18(2)6-10-20)27-25(29-26)21-11-7-19(3)8-12-21/h5-16H,4,17H2,1-3H3. The van der Waals surface area contributed by atoms with Gasteiger partial charge in [-0.15, -0.1) is 0 Å². The molecule has 1 aromatic heterocycles. The molecule has 0 spiro atoms. The van der Waals surface area contributed by atoms with Gasteiger partial charge in [-0.25, -0.2) is 15.0 Å². The van der Waals surface area contributed by atoms with E-state index >= 15 is 0 Å². The fourth-order valence-corrected chi connectivity index (χ4v) is 3.09. The summed E-state index contributed by atoms with van der Waals surface area (Å²) in [5, 5.41) is 0. The fraction of sp³-hybridized carbons (Fsp3) is 0.192. The van der Waals surface area contributed by atoms with Gasteiger partial charge in [0.05, 0.1) is 6.61 Å². The van der Waals surface area contributed by atoms with E-state index in [0.717, 1.165) is 28.9 Å². The molecule has 0 amide bonds. The summed E-state index contributed by atoms with van der Waals surface area (Å²) in [5.41, 5.74) is 5.29. The van der Waals surface area contributed by atoms with Crippen LogP contribution in [-0.2, 0) is 0 Å². The van der Waals surface area contributed by atoms with Crippen LogP contribution in [0.15, 0.2) is 72.8 Å². The van der Waals surface area contributed by atoms with E-state index in [1.807, 2.05) is 24.3 Å². The first-order chi connectivity index (χ1) is 14.6. The second-order valence-corrected chi connectivity index (χ2v) is 7.41. The number of ether oxygens (including phenoxy) is 1. The van der Waals surface area contributed by atoms with Crippen LogP contribution in [0.3, 0.4) is 0 Å². The van der Waals surface area contributed by atoms with E-state index in [1.165, 1.54) is 11.1 Å². The lowest BCUT2D eigenvalue weighted by Gasteiger charge is -2.09. The van der Waals surface area contributed by atoms with Gasteiger partial charge in [-0.2, -0.15) is 0 Å². The first-order valence-electron chi connectivity index (χ1n) is 10.3. The first-order valence-corrected chi connectivity index (χ1v) is 10.3. The zero-order chi connectivity index (χ0) is 20.9. The molecule has 0 aliphatic carbocycles. The molecule has 0 saturated carbocycles. The van der Waals surface area contributed by atoms with Gasteiger partial charge < -0.3 is 4.74 Å². The molecule has 0 radical (unpaired) electrons. The minimum atomic E-state index is 0.651. The van der Waals surface area contributed by atoms with E-state index in [9.17, 15) is 0 Å². The number of aromatic nitrogens is 3. The zero-order valence-electron chi connectivity index (χ0n) is 17.6. The molecule has 0 aliphatic rings. The third-order valence-corrected chi connectivity index (χ3v) is 4.84. The Labute approximate surface area is 177 Å². The zero-order valence-corrected chi connectivity index (χ0v) is 17.6. The number of aryl methyl sites for hydroxylation is 2. The van der Waals surface area contributed by atoms with Gasteiger partial charge in [0.2, 0.25) is 0 Å². The third kappa shape index (κ3) is 4.54. The molecule has 150 valence electrons. The van der Waals surface area contributed by atoms with Crippen LogP contribution < -0.4 is 4.74 Å². The average molecular weight is 396 g/mol. The molecule has 0 saturated heterocycles. The van der Waals surface area contributed by atoms with Crippen LogP contribution >= 0.6 is 0 Å². The molecule has 4 nitrogen and oxygen atoms in total. The van der Waals surface area contributed by atoms with E-state index in [1.54, 1.807) is 0 Å². The molecular formula is C26H25N3O. The molecule has 0 unspecified atom stereocenters. The maximum atomic E-state index is 5.70. The Morgan fingerprint density at radius 1 is 0.567 bits per heavy atom. The third-order valence-electron chi connectivity index (χ3n) is 4.84. The molecule has 4 heteroatoms. The number of hydrogen-bond acceptors (Lipinski definition) is 4. The van der Waals surface area contributed by atoms with Crippen LogP contribution in [0.5, 0.6) is 5.75 Å². The Hall–Kier alpha value is -3.53. The van der Waals surface area contributed by atoms with E-state index in [-0.39, 0.29) is 0 Å². The van der Waals surface area contributed by atoms with Gasteiger partial charge in [0.1, 0.15) is 5.75 Å². The van der Waals surface area contributed by atoms with Gasteiger partial charge in [0, 0.05) is 16.7 Å². The summed E-state index contributed by atoms with van der Waals surface area (Å²) in [7, 11) is 0. The van der Waals surface area contributed by atoms with Crippen molar-refractivity contribution >= 4 is 0 Å². The number of benzene rings is 3. The largest absolute Gasteiger partial charge is 0.494 e. The quantitative estimate of drug-likeness (QED) is 0.385. The van der Waals surface area contributed by atoms with E-state index in [2.05, 4.69) is 69.3 Å². The van der Waals surface area contributed by atoms with Crippen LogP contribution in [0.4, 0.5) is 0 Å². The minimum Gasteiger partial charge on any atom is -0.494 e. The van der Waals surface area contributed by atoms with Crippen molar-refractivity contribution in [3.8, 4) is 39.9 Å². The molecule has 4 aromatic rings. The summed E-state index contributed by atoms with van der Waals surface area (Å²) in [6.45, 7) is 6.95. The molecule has 0 aliphatic heterocycles. The van der Waals surface area contributed by atoms with Gasteiger partial charge >= 0.3 is 0 Å². The van der Waals surface area contributed by atoms with E-state index < -0.39 is 0 Å². The highest BCUT2D eigenvalue weighted by molar-refractivity contribution is 5.66. The molecule has 0 N–H and O–H groups in total. The van der Waals surface area contributed by atoms with Crippen molar-refractivity contribution in [3.63, 3.8) is 0 Å². The van der Waals surface area contributed by atoms with Crippen LogP contribution in [0, 0.1) is 13.8 Å². The number of rotatable bonds is 6. The first kappa shape index (κ1) is 19.8. The van der Waals surface area contributed by atoms with Crippen LogP contribution in [-0.4, -0.2) is 21.6 Å². The predicted molar refractivity (Wildman–Crippen MR) is 121 cm³/mol. The summed E-state index contributed by atoms with van der Waals surface area (Å²) in [6.07, 6.45) is 0.981. The second-order valence-electron chi connectivity index (χ2n) is 7.41. The van der Waals surface area contributed by atoms with Crippen molar-refractivity contribution in [3.05, 3.63) is 83.9 Å². The lowest BCUT2D eigenvalue weighted by molar-refractivity contribution is 0.317. The summed E-state index contributed by atoms with van der Waals surface area (Å²) in [4.78, 5) is 14.3. The molecule has 30 heavy (non-hydrogen) atoms. The van der Waals surface area contributed by atoms with Gasteiger partial charge in [-0.05, 0) is 44.5 Å². The Kier molecular flexibility index (Phi) is 5.84. The van der Waals surface area contributed by atoms with Crippen LogP contribution in [0.2, 0.25) is 0 Å². The molecular weight excluding hydrogens is 370 g/mol. The highest BCUT2D eigenvalue weighted by Gasteiger charge is 2.12. The highest BCUT2D eigenvalue weighted by atomic mass is 16.5. The Morgan fingerprint density at radius 3 is 1.30 bits per heavy atom. The Morgan fingerprint density at radius 2 is 0.933 bits per heavy atom. The molecule has 4 rings (SSSR count). The van der Waals surface area contributed by atoms with E-state index in [4.69, 9.17) is 19.7 Å². The van der Waals surface area contributed by atoms with Crippen molar-refractivity contribution in [2.45, 2.75) is 27.2 Å². The summed E-state index contributed by atoms with van der Waals surface area (Å²) >= 11 is 0. The number of hydrogen-bond donors (Lipinski definition) is 0. The van der Waals surface area contributed by atoms with Crippen molar-refractivity contribution in [1.82, 2.24) is 15.0 Å². The summed E-state index contributed by atoms with van der Waals surface area (Å²) < 4.78 is 5.70. The van der Waals surface area contributed by atoms with E-state index in [0.29, 0.717) is 24.1 Å². The van der Waals surface area contributed by atoms with Crippen molar-refractivity contribution < 1.29 is 4.74 Å². The average Bonchev–Trinajstić information content (AvgIpc) is 2.79. The molecule has 3 aromatic carbocycles. The normalized spacial score (nSPS) is 10.8. The predicted octanol–water partition coefficient (Wildman–Crippen LogP) is 6.28. The lowest BCUT2D eigenvalue weighted by Crippen LogP contribution is -2.00. The Bertz CT molecular complexity index is 1050. The van der Waals surface area contributed by atoms with Gasteiger partial charge in [0.15, 0.2) is 17.5 Å². The molecule has 0 fully saturated rings. The van der Waals surface area contributed by atoms with Gasteiger partial charge in [-0.3, -0.25) is 0 Å².